The molecule has 1 aliphatic heterocycles. The number of halogens is 8. The van der Waals surface area contributed by atoms with Crippen LogP contribution in [0.15, 0.2) is 53.4 Å². The molecule has 2 atom stereocenters. The van der Waals surface area contributed by atoms with Crippen LogP contribution in [0.25, 0.3) is 0 Å². The molecule has 2 aromatic rings. The molecule has 1 N–H and O–H groups in total. The SMILES string of the molecule is O=C(O)C1CCC(F)(C(=O)N2CC[C@@]3(S(=O)(=O)c4ccccc4)c4ccc(C(F)(C(F)(F)F)C(F)(F)F)cc4CC[C@@H]23)CC1. The van der Waals surface area contributed by atoms with Gasteiger partial charge in [-0.3, -0.25) is 9.59 Å². The van der Waals surface area contributed by atoms with Crippen molar-refractivity contribution in [1.82, 2.24) is 4.90 Å². The van der Waals surface area contributed by atoms with Gasteiger partial charge in [0.2, 0.25) is 0 Å². The second-order valence-electron chi connectivity index (χ2n) is 11.6. The smallest absolute Gasteiger partial charge is 0.435 e. The minimum atomic E-state index is -6.38. The second kappa shape index (κ2) is 10.4. The number of nitrogens with zero attached hydrogens (tertiary/aromatic N) is 1. The molecule has 0 bridgehead atoms. The fourth-order valence-corrected chi connectivity index (χ4v) is 9.46. The van der Waals surface area contributed by atoms with Crippen molar-refractivity contribution in [1.29, 1.82) is 0 Å². The van der Waals surface area contributed by atoms with Crippen LogP contribution in [0.3, 0.4) is 0 Å². The van der Waals surface area contributed by atoms with E-state index in [2.05, 4.69) is 0 Å². The fourth-order valence-electron chi connectivity index (χ4n) is 7.08. The quantitative estimate of drug-likeness (QED) is 0.390. The van der Waals surface area contributed by atoms with E-state index >= 15 is 4.39 Å². The van der Waals surface area contributed by atoms with Gasteiger partial charge in [-0.15, -0.1) is 0 Å². The lowest BCUT2D eigenvalue weighted by atomic mass is 9.76. The third-order valence-corrected chi connectivity index (χ3v) is 11.9. The van der Waals surface area contributed by atoms with Crippen molar-refractivity contribution in [3.8, 4) is 0 Å². The van der Waals surface area contributed by atoms with E-state index in [1.54, 1.807) is 0 Å². The standard InChI is InChI=1S/C29H27F8NO5S/c30-25(12-10-17(11-13-25)23(39)40)24(41)38-15-14-26(44(42,43)20-4-2-1-3-5-20)21-8-7-19(16-18(21)6-9-22(26)38)27(31,28(32,33)34)29(35,36)37/h1-5,7-8,16-17,22H,6,9-15H2,(H,39,40)/t17?,22-,25?,26-/m1/s1. The molecule has 15 heteroatoms. The minimum Gasteiger partial charge on any atom is -0.481 e. The molecular weight excluding hydrogens is 626 g/mol. The summed E-state index contributed by atoms with van der Waals surface area (Å²) in [5.74, 6) is -3.03. The topological polar surface area (TPSA) is 91.8 Å². The summed E-state index contributed by atoms with van der Waals surface area (Å²) in [5, 5.41) is 9.26. The number of carboxylic acids is 1. The molecule has 1 amide bonds. The lowest BCUT2D eigenvalue weighted by Gasteiger charge is -2.44. The number of carbonyl (C=O) groups is 2. The van der Waals surface area contributed by atoms with Gasteiger partial charge in [0.25, 0.3) is 5.91 Å². The van der Waals surface area contributed by atoms with Gasteiger partial charge in [0.15, 0.2) is 15.5 Å². The summed E-state index contributed by atoms with van der Waals surface area (Å²) in [6, 6.07) is 6.95. The zero-order valence-corrected chi connectivity index (χ0v) is 23.7. The molecule has 2 fully saturated rings. The van der Waals surface area contributed by atoms with Gasteiger partial charge < -0.3 is 10.0 Å². The fraction of sp³-hybridized carbons (Fsp3) is 0.517. The Kier molecular flexibility index (Phi) is 7.61. The molecule has 1 heterocycles. The predicted octanol–water partition coefficient (Wildman–Crippen LogP) is 6.18. The molecule has 0 aromatic heterocycles. The summed E-state index contributed by atoms with van der Waals surface area (Å²) in [7, 11) is -4.55. The predicted molar refractivity (Wildman–Crippen MR) is 139 cm³/mol. The Bertz CT molecular complexity index is 1550. The molecule has 0 radical (unpaired) electrons. The van der Waals surface area contributed by atoms with E-state index in [1.807, 2.05) is 0 Å². The summed E-state index contributed by atoms with van der Waals surface area (Å²) in [6.07, 6.45) is -14.8. The van der Waals surface area contributed by atoms with Gasteiger partial charge in [-0.1, -0.05) is 36.4 Å². The van der Waals surface area contributed by atoms with E-state index in [0.29, 0.717) is 6.07 Å². The van der Waals surface area contributed by atoms with E-state index in [0.717, 1.165) is 11.0 Å². The average molecular weight is 654 g/mol. The van der Waals surface area contributed by atoms with Gasteiger partial charge in [-0.2, -0.15) is 26.3 Å². The molecule has 240 valence electrons. The minimum absolute atomic E-state index is 0.126. The highest BCUT2D eigenvalue weighted by atomic mass is 32.2. The van der Waals surface area contributed by atoms with Gasteiger partial charge in [-0.25, -0.2) is 17.2 Å². The van der Waals surface area contributed by atoms with Crippen molar-refractivity contribution in [2.24, 2.45) is 5.92 Å². The number of aryl methyl sites for hydroxylation is 1. The van der Waals surface area contributed by atoms with Gasteiger partial charge in [0.1, 0.15) is 4.75 Å². The Morgan fingerprint density at radius 3 is 2.00 bits per heavy atom. The van der Waals surface area contributed by atoms with E-state index in [9.17, 15) is 53.8 Å². The first kappa shape index (κ1) is 32.2. The molecule has 5 rings (SSSR count). The van der Waals surface area contributed by atoms with Crippen LogP contribution in [0.5, 0.6) is 0 Å². The zero-order valence-electron chi connectivity index (χ0n) is 22.9. The van der Waals surface area contributed by atoms with E-state index in [-0.39, 0.29) is 60.7 Å². The lowest BCUT2D eigenvalue weighted by Crippen LogP contribution is -2.56. The molecule has 1 saturated carbocycles. The van der Waals surface area contributed by atoms with Crippen LogP contribution in [0.2, 0.25) is 0 Å². The first-order valence-corrected chi connectivity index (χ1v) is 15.3. The number of aliphatic carboxylic acids is 1. The highest BCUT2D eigenvalue weighted by Gasteiger charge is 2.74. The molecular formula is C29H27F8NO5S. The van der Waals surface area contributed by atoms with Crippen LogP contribution in [0.4, 0.5) is 35.1 Å². The van der Waals surface area contributed by atoms with Crippen LogP contribution < -0.4 is 0 Å². The first-order valence-electron chi connectivity index (χ1n) is 13.8. The molecule has 1 saturated heterocycles. The third kappa shape index (κ3) is 4.59. The van der Waals surface area contributed by atoms with Crippen LogP contribution in [0, 0.1) is 5.92 Å². The van der Waals surface area contributed by atoms with Crippen molar-refractivity contribution in [3.63, 3.8) is 0 Å². The molecule has 44 heavy (non-hydrogen) atoms. The summed E-state index contributed by atoms with van der Waals surface area (Å²) < 4.78 is 139. The molecule has 0 spiro atoms. The summed E-state index contributed by atoms with van der Waals surface area (Å²) in [5.41, 5.74) is -10.4. The maximum atomic E-state index is 16.1. The van der Waals surface area contributed by atoms with Crippen molar-refractivity contribution in [2.45, 2.75) is 84.3 Å². The molecule has 2 aromatic carbocycles. The molecule has 6 nitrogen and oxygen atoms in total. The van der Waals surface area contributed by atoms with Gasteiger partial charge in [0, 0.05) is 12.1 Å². The molecule has 3 aliphatic rings. The van der Waals surface area contributed by atoms with Crippen molar-refractivity contribution in [3.05, 3.63) is 65.2 Å². The van der Waals surface area contributed by atoms with Gasteiger partial charge in [-0.05, 0) is 68.2 Å². The Balaban J connectivity index is 1.63. The first-order chi connectivity index (χ1) is 20.3. The summed E-state index contributed by atoms with van der Waals surface area (Å²) in [6.45, 7) is -0.303. The number of fused-ring (bicyclic) bond motifs is 3. The van der Waals surface area contributed by atoms with Crippen molar-refractivity contribution in [2.75, 3.05) is 6.54 Å². The number of sulfone groups is 1. The highest BCUT2D eigenvalue weighted by molar-refractivity contribution is 7.92. The van der Waals surface area contributed by atoms with Crippen molar-refractivity contribution < 1.29 is 58.2 Å². The highest BCUT2D eigenvalue weighted by Crippen LogP contribution is 2.57. The second-order valence-corrected chi connectivity index (χ2v) is 13.8. The van der Waals surface area contributed by atoms with E-state index in [1.165, 1.54) is 30.3 Å². The van der Waals surface area contributed by atoms with Crippen LogP contribution >= 0.6 is 0 Å². The summed E-state index contributed by atoms with van der Waals surface area (Å²) >= 11 is 0. The number of likely N-dealkylation sites (tertiary alicyclic amines) is 1. The zero-order chi connectivity index (χ0) is 32.5. The number of hydrogen-bond donors (Lipinski definition) is 1. The maximum Gasteiger partial charge on any atom is 0.435 e. The van der Waals surface area contributed by atoms with Crippen LogP contribution in [-0.4, -0.2) is 60.9 Å². The lowest BCUT2D eigenvalue weighted by molar-refractivity contribution is -0.348. The van der Waals surface area contributed by atoms with Crippen molar-refractivity contribution >= 4 is 21.7 Å². The van der Waals surface area contributed by atoms with E-state index in [4.69, 9.17) is 0 Å². The van der Waals surface area contributed by atoms with E-state index < -0.39 is 80.5 Å². The number of amides is 1. The van der Waals surface area contributed by atoms with Crippen LogP contribution in [-0.2, 0) is 36.3 Å². The van der Waals surface area contributed by atoms with Gasteiger partial charge in [0.05, 0.1) is 16.9 Å². The normalized spacial score (nSPS) is 27.9. The number of carbonyl (C=O) groups excluding carboxylic acids is 1. The number of carboxylic acid groups (broad SMARTS) is 1. The maximum absolute atomic E-state index is 16.1. The number of benzene rings is 2. The number of rotatable bonds is 5. The number of alkyl halides is 8. The largest absolute Gasteiger partial charge is 0.481 e. The Morgan fingerprint density at radius 2 is 1.45 bits per heavy atom. The molecule has 0 unspecified atom stereocenters. The summed E-state index contributed by atoms with van der Waals surface area (Å²) in [4.78, 5) is 25.9. The Labute approximate surface area is 247 Å². The Morgan fingerprint density at radius 1 is 0.864 bits per heavy atom. The third-order valence-electron chi connectivity index (χ3n) is 9.37. The Hall–Kier alpha value is -3.23. The average Bonchev–Trinajstić information content (AvgIpc) is 3.37. The molecule has 2 aliphatic carbocycles. The van der Waals surface area contributed by atoms with Gasteiger partial charge >= 0.3 is 24.0 Å². The monoisotopic (exact) mass is 653 g/mol. The number of hydrogen-bond acceptors (Lipinski definition) is 4. The van der Waals surface area contributed by atoms with Crippen LogP contribution in [0.1, 0.15) is 55.2 Å².